The fourth-order valence-corrected chi connectivity index (χ4v) is 2.57. The first kappa shape index (κ1) is 13.6. The number of ether oxygens (including phenoxy) is 1. The molecule has 1 atom stereocenters. The van der Waals surface area contributed by atoms with Crippen molar-refractivity contribution in [3.8, 4) is 0 Å². The molecule has 1 aromatic rings. The molecule has 100 valence electrons. The van der Waals surface area contributed by atoms with Crippen molar-refractivity contribution >= 4 is 0 Å². The first-order chi connectivity index (χ1) is 8.92. The topological polar surface area (TPSA) is 21.3 Å². The van der Waals surface area contributed by atoms with Crippen molar-refractivity contribution in [2.75, 3.05) is 19.8 Å². The molecule has 0 aliphatic heterocycles. The number of hydrogen-bond acceptors (Lipinski definition) is 2. The Hall–Kier alpha value is -0.860. The third-order valence-corrected chi connectivity index (χ3v) is 3.63. The van der Waals surface area contributed by atoms with Crippen LogP contribution in [0.5, 0.6) is 0 Å². The van der Waals surface area contributed by atoms with Gasteiger partial charge >= 0.3 is 0 Å². The Balaban J connectivity index is 1.61. The predicted molar refractivity (Wildman–Crippen MR) is 75.9 cm³/mol. The highest BCUT2D eigenvalue weighted by Crippen LogP contribution is 2.30. The molecule has 2 heteroatoms. The zero-order valence-electron chi connectivity index (χ0n) is 11.5. The van der Waals surface area contributed by atoms with Crippen LogP contribution in [-0.4, -0.2) is 19.8 Å². The molecule has 18 heavy (non-hydrogen) atoms. The van der Waals surface area contributed by atoms with Crippen molar-refractivity contribution in [2.24, 2.45) is 0 Å². The van der Waals surface area contributed by atoms with Gasteiger partial charge in [0, 0.05) is 19.3 Å². The lowest BCUT2D eigenvalue weighted by Gasteiger charge is -2.13. The van der Waals surface area contributed by atoms with Crippen LogP contribution in [0.1, 0.15) is 49.8 Å². The minimum absolute atomic E-state index is 0.567. The van der Waals surface area contributed by atoms with Crippen LogP contribution in [0.4, 0.5) is 0 Å². The van der Waals surface area contributed by atoms with E-state index >= 15 is 0 Å². The SMILES string of the molecule is CCCCOCCCNC1CCc2ccccc21. The maximum Gasteiger partial charge on any atom is 0.0478 e. The normalized spacial score (nSPS) is 17.9. The molecule has 2 nitrogen and oxygen atoms in total. The highest BCUT2D eigenvalue weighted by molar-refractivity contribution is 5.34. The van der Waals surface area contributed by atoms with E-state index in [-0.39, 0.29) is 0 Å². The van der Waals surface area contributed by atoms with E-state index < -0.39 is 0 Å². The van der Waals surface area contributed by atoms with Gasteiger partial charge in [0.05, 0.1) is 0 Å². The van der Waals surface area contributed by atoms with Crippen molar-refractivity contribution in [3.63, 3.8) is 0 Å². The highest BCUT2D eigenvalue weighted by Gasteiger charge is 2.20. The monoisotopic (exact) mass is 247 g/mol. The molecule has 0 bridgehead atoms. The Kier molecular flexibility index (Phi) is 5.69. The van der Waals surface area contributed by atoms with Gasteiger partial charge in [0.1, 0.15) is 0 Å². The molecule has 1 aromatic carbocycles. The zero-order chi connectivity index (χ0) is 12.6. The smallest absolute Gasteiger partial charge is 0.0478 e. The van der Waals surface area contributed by atoms with E-state index in [1.54, 1.807) is 0 Å². The fourth-order valence-electron chi connectivity index (χ4n) is 2.57. The van der Waals surface area contributed by atoms with Gasteiger partial charge in [-0.25, -0.2) is 0 Å². The molecule has 1 unspecified atom stereocenters. The number of rotatable bonds is 8. The van der Waals surface area contributed by atoms with Gasteiger partial charge in [-0.2, -0.15) is 0 Å². The van der Waals surface area contributed by atoms with Crippen LogP contribution < -0.4 is 5.32 Å². The Morgan fingerprint density at radius 2 is 2.06 bits per heavy atom. The van der Waals surface area contributed by atoms with Gasteiger partial charge in [-0.1, -0.05) is 37.6 Å². The molecule has 0 aromatic heterocycles. The molecular weight excluding hydrogens is 222 g/mol. The molecule has 0 radical (unpaired) electrons. The second kappa shape index (κ2) is 7.55. The third kappa shape index (κ3) is 3.82. The van der Waals surface area contributed by atoms with Crippen LogP contribution in [0.3, 0.4) is 0 Å². The third-order valence-electron chi connectivity index (χ3n) is 3.63. The number of aryl methyl sites for hydroxylation is 1. The largest absolute Gasteiger partial charge is 0.381 e. The van der Waals surface area contributed by atoms with Crippen LogP contribution in [0.25, 0.3) is 0 Å². The summed E-state index contributed by atoms with van der Waals surface area (Å²) < 4.78 is 5.57. The standard InChI is InChI=1S/C16H25NO/c1-2-3-12-18-13-6-11-17-16-10-9-14-7-4-5-8-15(14)16/h4-5,7-8,16-17H,2-3,6,9-13H2,1H3. The van der Waals surface area contributed by atoms with Crippen LogP contribution in [0.15, 0.2) is 24.3 Å². The molecule has 0 saturated heterocycles. The van der Waals surface area contributed by atoms with Crippen LogP contribution >= 0.6 is 0 Å². The number of unbranched alkanes of at least 4 members (excludes halogenated alkanes) is 1. The number of hydrogen-bond donors (Lipinski definition) is 1. The lowest BCUT2D eigenvalue weighted by Crippen LogP contribution is -2.21. The molecule has 0 saturated carbocycles. The van der Waals surface area contributed by atoms with Crippen molar-refractivity contribution in [1.29, 1.82) is 0 Å². The average molecular weight is 247 g/mol. The summed E-state index contributed by atoms with van der Waals surface area (Å²) in [6.45, 7) is 5.07. The van der Waals surface area contributed by atoms with Gasteiger partial charge in [-0.05, 0) is 43.4 Å². The summed E-state index contributed by atoms with van der Waals surface area (Å²) in [7, 11) is 0. The Morgan fingerprint density at radius 1 is 1.22 bits per heavy atom. The average Bonchev–Trinajstić information content (AvgIpc) is 2.81. The summed E-state index contributed by atoms with van der Waals surface area (Å²) in [5.41, 5.74) is 3.03. The molecule has 0 fully saturated rings. The number of benzene rings is 1. The number of nitrogens with one attached hydrogen (secondary N) is 1. The van der Waals surface area contributed by atoms with Gasteiger partial charge in [0.15, 0.2) is 0 Å². The summed E-state index contributed by atoms with van der Waals surface area (Å²) in [5.74, 6) is 0. The van der Waals surface area contributed by atoms with Crippen LogP contribution in [0.2, 0.25) is 0 Å². The maximum absolute atomic E-state index is 5.57. The second-order valence-corrected chi connectivity index (χ2v) is 5.06. The van der Waals surface area contributed by atoms with Gasteiger partial charge < -0.3 is 10.1 Å². The number of fused-ring (bicyclic) bond motifs is 1. The van der Waals surface area contributed by atoms with E-state index in [0.29, 0.717) is 6.04 Å². The molecule has 0 spiro atoms. The Bertz CT molecular complexity index is 351. The zero-order valence-corrected chi connectivity index (χ0v) is 11.5. The second-order valence-electron chi connectivity index (χ2n) is 5.06. The van der Waals surface area contributed by atoms with Gasteiger partial charge in [-0.15, -0.1) is 0 Å². The summed E-state index contributed by atoms with van der Waals surface area (Å²) >= 11 is 0. The first-order valence-corrected chi connectivity index (χ1v) is 7.30. The quantitative estimate of drug-likeness (QED) is 0.710. The summed E-state index contributed by atoms with van der Waals surface area (Å²) in [5, 5.41) is 3.65. The molecule has 1 aliphatic rings. The minimum Gasteiger partial charge on any atom is -0.381 e. The van der Waals surface area contributed by atoms with Crippen molar-refractivity contribution < 1.29 is 4.74 Å². The Morgan fingerprint density at radius 3 is 2.94 bits per heavy atom. The lowest BCUT2D eigenvalue weighted by molar-refractivity contribution is 0.128. The summed E-state index contributed by atoms with van der Waals surface area (Å²) in [6, 6.07) is 9.37. The predicted octanol–water partition coefficient (Wildman–Crippen LogP) is 3.47. The summed E-state index contributed by atoms with van der Waals surface area (Å²) in [4.78, 5) is 0. The van der Waals surface area contributed by atoms with E-state index in [9.17, 15) is 0 Å². The molecule has 0 amide bonds. The molecule has 2 rings (SSSR count). The Labute approximate surface area is 111 Å². The van der Waals surface area contributed by atoms with Crippen LogP contribution in [0, 0.1) is 0 Å². The maximum atomic E-state index is 5.57. The van der Waals surface area contributed by atoms with E-state index in [4.69, 9.17) is 4.74 Å². The van der Waals surface area contributed by atoms with Gasteiger partial charge in [0.25, 0.3) is 0 Å². The first-order valence-electron chi connectivity index (χ1n) is 7.30. The fraction of sp³-hybridized carbons (Fsp3) is 0.625. The van der Waals surface area contributed by atoms with E-state index in [1.807, 2.05) is 0 Å². The van der Waals surface area contributed by atoms with Crippen molar-refractivity contribution in [1.82, 2.24) is 5.32 Å². The van der Waals surface area contributed by atoms with Gasteiger partial charge in [0.2, 0.25) is 0 Å². The van der Waals surface area contributed by atoms with Crippen molar-refractivity contribution in [3.05, 3.63) is 35.4 Å². The van der Waals surface area contributed by atoms with E-state index in [2.05, 4.69) is 36.5 Å². The minimum atomic E-state index is 0.567. The van der Waals surface area contributed by atoms with E-state index in [1.165, 1.54) is 36.8 Å². The van der Waals surface area contributed by atoms with E-state index in [0.717, 1.165) is 26.2 Å². The molecule has 1 aliphatic carbocycles. The molecular formula is C16H25NO. The highest BCUT2D eigenvalue weighted by atomic mass is 16.5. The summed E-state index contributed by atoms with van der Waals surface area (Å²) in [6.07, 6.45) is 5.99. The van der Waals surface area contributed by atoms with Crippen LogP contribution in [-0.2, 0) is 11.2 Å². The van der Waals surface area contributed by atoms with Crippen molar-refractivity contribution in [2.45, 2.75) is 45.1 Å². The lowest BCUT2D eigenvalue weighted by atomic mass is 10.1. The molecule has 0 heterocycles. The molecule has 1 N–H and O–H groups in total. The van der Waals surface area contributed by atoms with Gasteiger partial charge in [-0.3, -0.25) is 0 Å².